The van der Waals surface area contributed by atoms with Gasteiger partial charge in [0.05, 0.1) is 17.5 Å². The van der Waals surface area contributed by atoms with Crippen LogP contribution in [0.2, 0.25) is 0 Å². The van der Waals surface area contributed by atoms with Gasteiger partial charge in [-0.2, -0.15) is 5.10 Å². The molecule has 2 aromatic heterocycles. The lowest BCUT2D eigenvalue weighted by atomic mass is 9.93. The predicted octanol–water partition coefficient (Wildman–Crippen LogP) is 4.62. The Bertz CT molecular complexity index is 1260. The van der Waals surface area contributed by atoms with Gasteiger partial charge in [-0.1, -0.05) is 6.07 Å². The van der Waals surface area contributed by atoms with Crippen molar-refractivity contribution in [1.82, 2.24) is 19.7 Å². The van der Waals surface area contributed by atoms with Crippen molar-refractivity contribution < 1.29 is 18.6 Å². The first-order valence-electron chi connectivity index (χ1n) is 10.4. The van der Waals surface area contributed by atoms with Crippen LogP contribution in [0, 0.1) is 11.6 Å². The highest BCUT2D eigenvalue weighted by Crippen LogP contribution is 2.37. The lowest BCUT2D eigenvalue weighted by Gasteiger charge is -2.26. The Labute approximate surface area is 182 Å². The van der Waals surface area contributed by atoms with Crippen LogP contribution in [0.15, 0.2) is 48.8 Å². The molecule has 0 saturated heterocycles. The quantitative estimate of drug-likeness (QED) is 0.483. The monoisotopic (exact) mass is 437 g/mol. The van der Waals surface area contributed by atoms with E-state index in [1.165, 1.54) is 12.4 Å². The molecule has 1 saturated carbocycles. The van der Waals surface area contributed by atoms with Gasteiger partial charge in [0, 0.05) is 5.56 Å². The average Bonchev–Trinajstić information content (AvgIpc) is 3.18. The first kappa shape index (κ1) is 20.3. The average molecular weight is 437 g/mol. The third-order valence-corrected chi connectivity index (χ3v) is 5.75. The zero-order valence-electron chi connectivity index (χ0n) is 17.1. The Morgan fingerprint density at radius 3 is 2.50 bits per heavy atom. The second kappa shape index (κ2) is 8.16. The normalized spacial score (nSPS) is 18.7. The molecule has 0 amide bonds. The van der Waals surface area contributed by atoms with Crippen LogP contribution in [0.1, 0.15) is 31.7 Å². The van der Waals surface area contributed by atoms with E-state index >= 15 is 0 Å². The first-order chi connectivity index (χ1) is 15.5. The van der Waals surface area contributed by atoms with Gasteiger partial charge in [-0.25, -0.2) is 23.4 Å². The van der Waals surface area contributed by atoms with E-state index in [2.05, 4.69) is 9.97 Å². The number of nitrogens with two attached hydrogens (primary N) is 1. The molecule has 3 N–H and O–H groups in total. The molecular formula is C23H21F2N5O2. The smallest absolute Gasteiger partial charge is 0.198 e. The summed E-state index contributed by atoms with van der Waals surface area (Å²) in [5, 5.41) is 15.5. The maximum Gasteiger partial charge on any atom is 0.198 e. The molecule has 0 unspecified atom stereocenters. The predicted molar refractivity (Wildman–Crippen MR) is 115 cm³/mol. The van der Waals surface area contributed by atoms with Gasteiger partial charge in [0.15, 0.2) is 23.0 Å². The van der Waals surface area contributed by atoms with E-state index in [-0.39, 0.29) is 17.9 Å². The second-order valence-corrected chi connectivity index (χ2v) is 7.90. The van der Waals surface area contributed by atoms with Crippen molar-refractivity contribution >= 4 is 16.9 Å². The standard InChI is InChI=1S/C23H21F2N5O2/c24-17-5-2-6-18(25)21(17)32-16-9-7-13(8-10-16)20-19-22(26)27-12-28-23(19)30(29-20)14-3-1-4-15(31)11-14/h2,5-10,12,14-15,31H,1,3-4,11H2,(H2,26,27,28)/t14-,15-/m1/s1. The minimum Gasteiger partial charge on any atom is -0.451 e. The molecule has 5 rings (SSSR count). The van der Waals surface area contributed by atoms with Crippen LogP contribution in [0.3, 0.4) is 0 Å². The number of rotatable bonds is 4. The molecule has 0 spiro atoms. The molecular weight excluding hydrogens is 416 g/mol. The molecule has 7 nitrogen and oxygen atoms in total. The highest BCUT2D eigenvalue weighted by molar-refractivity contribution is 5.98. The maximum absolute atomic E-state index is 13.9. The van der Waals surface area contributed by atoms with E-state index in [1.807, 2.05) is 4.68 Å². The van der Waals surface area contributed by atoms with Crippen molar-refractivity contribution in [1.29, 1.82) is 0 Å². The van der Waals surface area contributed by atoms with E-state index in [4.69, 9.17) is 15.6 Å². The Hall–Kier alpha value is -3.59. The summed E-state index contributed by atoms with van der Waals surface area (Å²) in [6.45, 7) is 0. The Balaban J connectivity index is 1.52. The molecule has 2 atom stereocenters. The minimum absolute atomic E-state index is 0.0101. The molecule has 0 bridgehead atoms. The van der Waals surface area contributed by atoms with Gasteiger partial charge in [-0.05, 0) is 62.1 Å². The number of halogens is 2. The van der Waals surface area contributed by atoms with Gasteiger partial charge >= 0.3 is 0 Å². The van der Waals surface area contributed by atoms with E-state index in [0.717, 1.165) is 37.0 Å². The van der Waals surface area contributed by atoms with Crippen LogP contribution in [0.5, 0.6) is 11.5 Å². The molecule has 164 valence electrons. The number of aromatic nitrogens is 4. The summed E-state index contributed by atoms with van der Waals surface area (Å²) in [5.41, 5.74) is 8.11. The summed E-state index contributed by atoms with van der Waals surface area (Å²) >= 11 is 0. The van der Waals surface area contributed by atoms with Crippen molar-refractivity contribution in [3.05, 3.63) is 60.4 Å². The number of aliphatic hydroxyl groups excluding tert-OH is 1. The molecule has 9 heteroatoms. The number of hydrogen-bond donors (Lipinski definition) is 2. The zero-order valence-corrected chi connectivity index (χ0v) is 17.1. The minimum atomic E-state index is -0.779. The number of ether oxygens (including phenoxy) is 1. The van der Waals surface area contributed by atoms with Crippen molar-refractivity contribution in [3.8, 4) is 22.8 Å². The molecule has 1 aliphatic rings. The SMILES string of the molecule is Nc1ncnc2c1c(-c1ccc(Oc3c(F)cccc3F)cc1)nn2[C@@H]1CCC[C@@H](O)C1. The Morgan fingerprint density at radius 2 is 1.78 bits per heavy atom. The van der Waals surface area contributed by atoms with Crippen LogP contribution < -0.4 is 10.5 Å². The van der Waals surface area contributed by atoms with Crippen molar-refractivity contribution in [3.63, 3.8) is 0 Å². The van der Waals surface area contributed by atoms with Gasteiger partial charge < -0.3 is 15.6 Å². The van der Waals surface area contributed by atoms with Crippen molar-refractivity contribution in [2.45, 2.75) is 37.8 Å². The number of hydrogen-bond acceptors (Lipinski definition) is 6. The van der Waals surface area contributed by atoms with Crippen molar-refractivity contribution in [2.75, 3.05) is 5.73 Å². The highest BCUT2D eigenvalue weighted by Gasteiger charge is 2.26. The van der Waals surface area contributed by atoms with E-state index in [9.17, 15) is 13.9 Å². The van der Waals surface area contributed by atoms with Crippen LogP contribution in [-0.4, -0.2) is 31.0 Å². The Morgan fingerprint density at radius 1 is 1.03 bits per heavy atom. The summed E-state index contributed by atoms with van der Waals surface area (Å²) in [4.78, 5) is 8.52. The fourth-order valence-electron chi connectivity index (χ4n) is 4.19. The molecule has 1 aliphatic carbocycles. The van der Waals surface area contributed by atoms with E-state index in [0.29, 0.717) is 29.0 Å². The molecule has 0 aliphatic heterocycles. The second-order valence-electron chi connectivity index (χ2n) is 7.90. The zero-order chi connectivity index (χ0) is 22.2. The number of anilines is 1. The maximum atomic E-state index is 13.9. The third-order valence-electron chi connectivity index (χ3n) is 5.75. The highest BCUT2D eigenvalue weighted by atomic mass is 19.1. The number of nitrogen functional groups attached to an aromatic ring is 1. The summed E-state index contributed by atoms with van der Waals surface area (Å²) in [6.07, 6.45) is 4.20. The van der Waals surface area contributed by atoms with Crippen LogP contribution in [-0.2, 0) is 0 Å². The lowest BCUT2D eigenvalue weighted by molar-refractivity contribution is 0.101. The molecule has 0 radical (unpaired) electrons. The summed E-state index contributed by atoms with van der Waals surface area (Å²) in [6, 6.07) is 10.3. The van der Waals surface area contributed by atoms with Gasteiger partial charge in [0.25, 0.3) is 0 Å². The van der Waals surface area contributed by atoms with Gasteiger partial charge in [-0.3, -0.25) is 0 Å². The summed E-state index contributed by atoms with van der Waals surface area (Å²) < 4.78 is 35.0. The molecule has 4 aromatic rings. The number of fused-ring (bicyclic) bond motifs is 1. The van der Waals surface area contributed by atoms with Gasteiger partial charge in [0.1, 0.15) is 23.6 Å². The fraction of sp³-hybridized carbons (Fsp3) is 0.261. The van der Waals surface area contributed by atoms with E-state index < -0.39 is 17.4 Å². The van der Waals surface area contributed by atoms with Crippen LogP contribution in [0.4, 0.5) is 14.6 Å². The van der Waals surface area contributed by atoms with Gasteiger partial charge in [0.2, 0.25) is 0 Å². The van der Waals surface area contributed by atoms with Crippen LogP contribution in [0.25, 0.3) is 22.3 Å². The topological polar surface area (TPSA) is 99.1 Å². The number of nitrogens with zero attached hydrogens (tertiary/aromatic N) is 4. The van der Waals surface area contributed by atoms with Crippen LogP contribution >= 0.6 is 0 Å². The molecule has 2 aromatic carbocycles. The summed E-state index contributed by atoms with van der Waals surface area (Å²) in [5.74, 6) is -1.43. The summed E-state index contributed by atoms with van der Waals surface area (Å²) in [7, 11) is 0. The van der Waals surface area contributed by atoms with Crippen molar-refractivity contribution in [2.24, 2.45) is 0 Å². The fourth-order valence-corrected chi connectivity index (χ4v) is 4.19. The molecule has 32 heavy (non-hydrogen) atoms. The lowest BCUT2D eigenvalue weighted by Crippen LogP contribution is -2.23. The van der Waals surface area contributed by atoms with Gasteiger partial charge in [-0.15, -0.1) is 0 Å². The molecule has 1 fully saturated rings. The number of aliphatic hydroxyl groups is 1. The van der Waals surface area contributed by atoms with E-state index in [1.54, 1.807) is 24.3 Å². The largest absolute Gasteiger partial charge is 0.451 e. The third kappa shape index (κ3) is 3.64. The number of benzene rings is 2. The molecule has 2 heterocycles. The first-order valence-corrected chi connectivity index (χ1v) is 10.4. The Kier molecular flexibility index (Phi) is 5.18. The number of para-hydroxylation sites is 1.